The van der Waals surface area contributed by atoms with Gasteiger partial charge in [-0.2, -0.15) is 0 Å². The lowest BCUT2D eigenvalue weighted by Gasteiger charge is -2.28. The van der Waals surface area contributed by atoms with Gasteiger partial charge < -0.3 is 10.6 Å². The summed E-state index contributed by atoms with van der Waals surface area (Å²) in [6.07, 6.45) is 2.38. The molecule has 84 valence electrons. The van der Waals surface area contributed by atoms with Crippen molar-refractivity contribution in [3.05, 3.63) is 22.7 Å². The Morgan fingerprint density at radius 3 is 2.67 bits per heavy atom. The van der Waals surface area contributed by atoms with Crippen molar-refractivity contribution in [1.29, 1.82) is 0 Å². The Balaban J connectivity index is 2.86. The van der Waals surface area contributed by atoms with Crippen LogP contribution in [0.3, 0.4) is 0 Å². The fourth-order valence-electron chi connectivity index (χ4n) is 1.70. The normalized spacial score (nSPS) is 12.5. The highest BCUT2D eigenvalue weighted by Crippen LogP contribution is 2.27. The summed E-state index contributed by atoms with van der Waals surface area (Å²) in [7, 11) is 2.10. The zero-order chi connectivity index (χ0) is 11.4. The minimum Gasteiger partial charge on any atom is -0.397 e. The molecule has 0 amide bonds. The van der Waals surface area contributed by atoms with Crippen LogP contribution in [0.2, 0.25) is 0 Å². The van der Waals surface area contributed by atoms with E-state index in [1.807, 2.05) is 12.1 Å². The van der Waals surface area contributed by atoms with E-state index in [2.05, 4.69) is 47.8 Å². The summed E-state index contributed by atoms with van der Waals surface area (Å²) < 4.78 is 1.03. The van der Waals surface area contributed by atoms with Gasteiger partial charge in [0, 0.05) is 17.6 Å². The maximum absolute atomic E-state index is 5.98. The minimum absolute atomic E-state index is 0.526. The van der Waals surface area contributed by atoms with E-state index in [0.29, 0.717) is 6.04 Å². The van der Waals surface area contributed by atoms with E-state index in [4.69, 9.17) is 5.73 Å². The van der Waals surface area contributed by atoms with Gasteiger partial charge in [-0.15, -0.1) is 0 Å². The van der Waals surface area contributed by atoms with Crippen LogP contribution in [0.25, 0.3) is 0 Å². The highest BCUT2D eigenvalue weighted by molar-refractivity contribution is 9.10. The lowest BCUT2D eigenvalue weighted by Crippen LogP contribution is -2.29. The molecule has 0 aliphatic rings. The predicted molar refractivity (Wildman–Crippen MR) is 71.3 cm³/mol. The van der Waals surface area contributed by atoms with Crippen molar-refractivity contribution in [3.63, 3.8) is 0 Å². The number of rotatable bonds is 4. The minimum atomic E-state index is 0.526. The number of benzene rings is 1. The van der Waals surface area contributed by atoms with Crippen LogP contribution >= 0.6 is 15.9 Å². The van der Waals surface area contributed by atoms with Gasteiger partial charge in [0.05, 0.1) is 11.4 Å². The first-order chi connectivity index (χ1) is 7.06. The van der Waals surface area contributed by atoms with Gasteiger partial charge in [0.1, 0.15) is 0 Å². The van der Waals surface area contributed by atoms with Gasteiger partial charge >= 0.3 is 0 Å². The average molecular weight is 271 g/mol. The molecule has 2 N–H and O–H groups in total. The van der Waals surface area contributed by atoms with E-state index in [9.17, 15) is 0 Å². The molecule has 1 aromatic carbocycles. The molecule has 15 heavy (non-hydrogen) atoms. The van der Waals surface area contributed by atoms with Crippen LogP contribution in [-0.4, -0.2) is 13.1 Å². The average Bonchev–Trinajstić information content (AvgIpc) is 2.17. The van der Waals surface area contributed by atoms with Crippen LogP contribution in [0, 0.1) is 0 Å². The van der Waals surface area contributed by atoms with Crippen molar-refractivity contribution < 1.29 is 0 Å². The first-order valence-electron chi connectivity index (χ1n) is 5.34. The molecule has 0 radical (unpaired) electrons. The van der Waals surface area contributed by atoms with Crippen LogP contribution in [0.5, 0.6) is 0 Å². The van der Waals surface area contributed by atoms with Gasteiger partial charge in [0.25, 0.3) is 0 Å². The quantitative estimate of drug-likeness (QED) is 0.847. The summed E-state index contributed by atoms with van der Waals surface area (Å²) in [6, 6.07) is 6.56. The molecule has 0 aliphatic carbocycles. The molecule has 1 unspecified atom stereocenters. The molecule has 0 saturated heterocycles. The third-order valence-corrected chi connectivity index (χ3v) is 3.23. The van der Waals surface area contributed by atoms with Crippen LogP contribution in [0.15, 0.2) is 22.7 Å². The van der Waals surface area contributed by atoms with E-state index < -0.39 is 0 Å². The fraction of sp³-hybridized carbons (Fsp3) is 0.500. The van der Waals surface area contributed by atoms with Crippen molar-refractivity contribution in [2.45, 2.75) is 32.7 Å². The van der Waals surface area contributed by atoms with Crippen molar-refractivity contribution >= 4 is 27.3 Å². The lowest BCUT2D eigenvalue weighted by atomic mass is 10.1. The summed E-state index contributed by atoms with van der Waals surface area (Å²) in [4.78, 5) is 2.24. The van der Waals surface area contributed by atoms with Gasteiger partial charge in [-0.1, -0.05) is 29.3 Å². The Morgan fingerprint density at radius 1 is 1.47 bits per heavy atom. The lowest BCUT2D eigenvalue weighted by molar-refractivity contribution is 0.616. The van der Waals surface area contributed by atoms with E-state index in [-0.39, 0.29) is 0 Å². The van der Waals surface area contributed by atoms with Crippen LogP contribution in [0.4, 0.5) is 11.4 Å². The number of anilines is 2. The second kappa shape index (κ2) is 5.40. The Bertz CT molecular complexity index is 325. The number of halogens is 1. The van der Waals surface area contributed by atoms with E-state index in [1.54, 1.807) is 0 Å². The zero-order valence-electron chi connectivity index (χ0n) is 9.63. The summed E-state index contributed by atoms with van der Waals surface area (Å²) in [5.74, 6) is 0. The SMILES string of the molecule is CCCC(C)N(C)c1ccc(Br)cc1N. The number of hydrogen-bond donors (Lipinski definition) is 1. The molecule has 3 heteroatoms. The van der Waals surface area contributed by atoms with Crippen molar-refractivity contribution in [3.8, 4) is 0 Å². The van der Waals surface area contributed by atoms with E-state index in [1.165, 1.54) is 12.8 Å². The van der Waals surface area contributed by atoms with Crippen LogP contribution < -0.4 is 10.6 Å². The predicted octanol–water partition coefficient (Wildman–Crippen LogP) is 3.66. The maximum atomic E-state index is 5.98. The van der Waals surface area contributed by atoms with Gasteiger partial charge in [0.2, 0.25) is 0 Å². The molecule has 1 rings (SSSR count). The standard InChI is InChI=1S/C12H19BrN2/c1-4-5-9(2)15(3)12-7-6-10(13)8-11(12)14/h6-9H,4-5,14H2,1-3H3. The number of nitrogen functional groups attached to an aromatic ring is 1. The molecule has 0 spiro atoms. The smallest absolute Gasteiger partial charge is 0.0600 e. The molecule has 2 nitrogen and oxygen atoms in total. The zero-order valence-corrected chi connectivity index (χ0v) is 11.2. The molecule has 0 aromatic heterocycles. The Morgan fingerprint density at radius 2 is 2.13 bits per heavy atom. The van der Waals surface area contributed by atoms with Gasteiger partial charge in [-0.3, -0.25) is 0 Å². The number of hydrogen-bond acceptors (Lipinski definition) is 2. The summed E-state index contributed by atoms with van der Waals surface area (Å²) >= 11 is 3.41. The molecular formula is C12H19BrN2. The number of nitrogens with zero attached hydrogens (tertiary/aromatic N) is 1. The summed E-state index contributed by atoms with van der Waals surface area (Å²) in [6.45, 7) is 4.43. The van der Waals surface area contributed by atoms with Crippen molar-refractivity contribution in [1.82, 2.24) is 0 Å². The van der Waals surface area contributed by atoms with E-state index in [0.717, 1.165) is 15.8 Å². The second-order valence-electron chi connectivity index (χ2n) is 3.95. The first-order valence-corrected chi connectivity index (χ1v) is 6.13. The molecule has 0 fully saturated rings. The molecule has 1 aromatic rings. The summed E-state index contributed by atoms with van der Waals surface area (Å²) in [5, 5.41) is 0. The van der Waals surface area contributed by atoms with Crippen LogP contribution in [-0.2, 0) is 0 Å². The first kappa shape index (κ1) is 12.4. The third-order valence-electron chi connectivity index (χ3n) is 2.74. The van der Waals surface area contributed by atoms with Crippen molar-refractivity contribution in [2.24, 2.45) is 0 Å². The van der Waals surface area contributed by atoms with Gasteiger partial charge in [0.15, 0.2) is 0 Å². The molecule has 0 saturated carbocycles. The van der Waals surface area contributed by atoms with E-state index >= 15 is 0 Å². The Hall–Kier alpha value is -0.700. The third kappa shape index (κ3) is 3.13. The topological polar surface area (TPSA) is 29.3 Å². The molecule has 1 atom stereocenters. The highest BCUT2D eigenvalue weighted by atomic mass is 79.9. The summed E-state index contributed by atoms with van der Waals surface area (Å²) in [5.41, 5.74) is 7.92. The number of nitrogens with two attached hydrogens (primary N) is 1. The largest absolute Gasteiger partial charge is 0.397 e. The fourth-order valence-corrected chi connectivity index (χ4v) is 2.07. The molecule has 0 heterocycles. The second-order valence-corrected chi connectivity index (χ2v) is 4.87. The molecule has 0 bridgehead atoms. The molecular weight excluding hydrogens is 252 g/mol. The van der Waals surface area contributed by atoms with Crippen LogP contribution in [0.1, 0.15) is 26.7 Å². The maximum Gasteiger partial charge on any atom is 0.0600 e. The Labute approximate surface area is 101 Å². The van der Waals surface area contributed by atoms with Crippen molar-refractivity contribution in [2.75, 3.05) is 17.7 Å². The van der Waals surface area contributed by atoms with Gasteiger partial charge in [-0.05, 0) is 31.5 Å². The Kier molecular flexibility index (Phi) is 4.45. The highest BCUT2D eigenvalue weighted by Gasteiger charge is 2.11. The molecule has 0 aliphatic heterocycles. The monoisotopic (exact) mass is 270 g/mol. The van der Waals surface area contributed by atoms with Gasteiger partial charge in [-0.25, -0.2) is 0 Å².